The molecule has 2 N–H and O–H groups in total. The van der Waals surface area contributed by atoms with E-state index in [2.05, 4.69) is 22.5 Å². The van der Waals surface area contributed by atoms with Crippen LogP contribution in [0.5, 0.6) is 0 Å². The van der Waals surface area contributed by atoms with Crippen LogP contribution in [0.15, 0.2) is 24.3 Å². The van der Waals surface area contributed by atoms with Crippen LogP contribution in [0.3, 0.4) is 0 Å². The first-order valence-electron chi connectivity index (χ1n) is 9.99. The van der Waals surface area contributed by atoms with Gasteiger partial charge in [-0.05, 0) is 56.1 Å². The van der Waals surface area contributed by atoms with Gasteiger partial charge in [-0.2, -0.15) is 0 Å². The minimum atomic E-state index is -0.403. The predicted molar refractivity (Wildman–Crippen MR) is 99.6 cm³/mol. The first kappa shape index (κ1) is 16.2. The summed E-state index contributed by atoms with van der Waals surface area (Å²) < 4.78 is 0. The van der Waals surface area contributed by atoms with Crippen LogP contribution in [0.25, 0.3) is 0 Å². The third-order valence-electron chi connectivity index (χ3n) is 7.39. The van der Waals surface area contributed by atoms with Crippen molar-refractivity contribution in [3.05, 3.63) is 29.8 Å². The van der Waals surface area contributed by atoms with Gasteiger partial charge in [0, 0.05) is 30.6 Å². The maximum atomic E-state index is 13.1. The molecule has 3 aliphatic carbocycles. The molecule has 1 spiro atoms. The number of para-hydroxylation sites is 1. The van der Waals surface area contributed by atoms with E-state index in [0.29, 0.717) is 11.8 Å². The molecule has 0 aromatic heterocycles. The molecule has 3 saturated carbocycles. The van der Waals surface area contributed by atoms with Gasteiger partial charge in [0.05, 0.1) is 5.56 Å². The summed E-state index contributed by atoms with van der Waals surface area (Å²) in [6.07, 6.45) is 6.11. The van der Waals surface area contributed by atoms with E-state index in [-0.39, 0.29) is 17.2 Å². The lowest BCUT2D eigenvalue weighted by molar-refractivity contribution is -0.149. The summed E-state index contributed by atoms with van der Waals surface area (Å²) in [4.78, 5) is 28.0. The van der Waals surface area contributed by atoms with Gasteiger partial charge in [-0.1, -0.05) is 19.1 Å². The first-order valence-corrected chi connectivity index (χ1v) is 9.99. The number of carbonyl (C=O) groups is 2. The van der Waals surface area contributed by atoms with Crippen LogP contribution in [0.4, 0.5) is 5.69 Å². The summed E-state index contributed by atoms with van der Waals surface area (Å²) in [6.45, 7) is 4.10. The molecule has 2 amide bonds. The van der Waals surface area contributed by atoms with Crippen molar-refractivity contribution in [1.29, 1.82) is 0 Å². The molecule has 2 bridgehead atoms. The highest BCUT2D eigenvalue weighted by atomic mass is 16.2. The molecule has 5 nitrogen and oxygen atoms in total. The van der Waals surface area contributed by atoms with Crippen molar-refractivity contribution in [2.45, 2.75) is 51.1 Å². The van der Waals surface area contributed by atoms with Gasteiger partial charge in [-0.25, -0.2) is 0 Å². The average molecular weight is 353 g/mol. The van der Waals surface area contributed by atoms with Crippen LogP contribution in [0.1, 0.15) is 55.8 Å². The van der Waals surface area contributed by atoms with Crippen LogP contribution < -0.4 is 10.6 Å². The van der Waals surface area contributed by atoms with Crippen LogP contribution in [0, 0.1) is 17.3 Å². The Morgan fingerprint density at radius 1 is 1.19 bits per heavy atom. The lowest BCUT2D eigenvalue weighted by Gasteiger charge is -2.61. The Kier molecular flexibility index (Phi) is 3.40. The average Bonchev–Trinajstić information content (AvgIpc) is 3.15. The summed E-state index contributed by atoms with van der Waals surface area (Å²) in [7, 11) is 0. The second kappa shape index (κ2) is 5.48. The summed E-state index contributed by atoms with van der Waals surface area (Å²) in [5, 5.41) is 6.97. The van der Waals surface area contributed by atoms with Crippen molar-refractivity contribution < 1.29 is 9.59 Å². The number of likely N-dealkylation sites (tertiary alicyclic amines) is 1. The number of fused-ring (bicyclic) bond motifs is 3. The lowest BCUT2D eigenvalue weighted by atomic mass is 9.51. The van der Waals surface area contributed by atoms with Gasteiger partial charge >= 0.3 is 0 Å². The smallest absolute Gasteiger partial charge is 0.255 e. The second-order valence-corrected chi connectivity index (χ2v) is 8.98. The molecule has 6 rings (SSSR count). The van der Waals surface area contributed by atoms with Crippen LogP contribution in [-0.2, 0) is 4.79 Å². The van der Waals surface area contributed by atoms with Crippen LogP contribution in [0.2, 0.25) is 0 Å². The molecule has 0 unspecified atom stereocenters. The van der Waals surface area contributed by atoms with Crippen molar-refractivity contribution >= 4 is 17.5 Å². The summed E-state index contributed by atoms with van der Waals surface area (Å²) in [5.41, 5.74) is 1.19. The highest BCUT2D eigenvalue weighted by molar-refractivity contribution is 6.02. The molecular formula is C21H27N3O2. The topological polar surface area (TPSA) is 61.4 Å². The number of amides is 2. The third-order valence-corrected chi connectivity index (χ3v) is 7.39. The van der Waals surface area contributed by atoms with Crippen molar-refractivity contribution in [2.75, 3.05) is 18.4 Å². The minimum Gasteiger partial charge on any atom is -0.362 e. The van der Waals surface area contributed by atoms with Gasteiger partial charge in [-0.3, -0.25) is 9.59 Å². The van der Waals surface area contributed by atoms with E-state index >= 15 is 0 Å². The molecule has 4 fully saturated rings. The molecule has 2 heterocycles. The molecule has 4 atom stereocenters. The number of anilines is 1. The summed E-state index contributed by atoms with van der Waals surface area (Å²) in [5.74, 6) is 0.768. The lowest BCUT2D eigenvalue weighted by Crippen LogP contribution is -2.70. The number of hydrogen-bond donors (Lipinski definition) is 2. The summed E-state index contributed by atoms with van der Waals surface area (Å²) >= 11 is 0. The quantitative estimate of drug-likeness (QED) is 0.816. The normalized spacial score (nSPS) is 38.0. The molecule has 1 aromatic carbocycles. The molecule has 2 aliphatic heterocycles. The fourth-order valence-corrected chi connectivity index (χ4v) is 5.99. The number of nitrogens with one attached hydrogen (secondary N) is 2. The maximum absolute atomic E-state index is 13.1. The van der Waals surface area contributed by atoms with E-state index < -0.39 is 5.66 Å². The molecule has 138 valence electrons. The number of carbonyl (C=O) groups excluding carboxylic acids is 2. The number of nitrogens with zero attached hydrogens (tertiary/aromatic N) is 1. The van der Waals surface area contributed by atoms with Gasteiger partial charge in [0.25, 0.3) is 5.91 Å². The molecular weight excluding hydrogens is 326 g/mol. The van der Waals surface area contributed by atoms with Crippen LogP contribution in [-0.4, -0.2) is 35.5 Å². The molecule has 26 heavy (non-hydrogen) atoms. The van der Waals surface area contributed by atoms with Crippen molar-refractivity contribution in [1.82, 2.24) is 10.2 Å². The van der Waals surface area contributed by atoms with Crippen molar-refractivity contribution in [3.8, 4) is 0 Å². The largest absolute Gasteiger partial charge is 0.362 e. The number of hydrogen-bond acceptors (Lipinski definition) is 3. The minimum absolute atomic E-state index is 0.0120. The molecule has 0 radical (unpaired) electrons. The Hall–Kier alpha value is -2.04. The van der Waals surface area contributed by atoms with E-state index in [9.17, 15) is 9.59 Å². The Morgan fingerprint density at radius 2 is 1.96 bits per heavy atom. The Morgan fingerprint density at radius 3 is 2.73 bits per heavy atom. The first-order chi connectivity index (χ1) is 12.5. The van der Waals surface area contributed by atoms with Gasteiger partial charge in [0.2, 0.25) is 5.91 Å². The van der Waals surface area contributed by atoms with E-state index in [1.165, 1.54) is 0 Å². The zero-order valence-electron chi connectivity index (χ0n) is 15.4. The highest BCUT2D eigenvalue weighted by Crippen LogP contribution is 2.58. The third kappa shape index (κ3) is 2.22. The predicted octanol–water partition coefficient (Wildman–Crippen LogP) is 2.99. The second-order valence-electron chi connectivity index (χ2n) is 8.98. The standard InChI is InChI=1S/C21H27N3O2/c1-20-9-8-14(12-16(20)19(26)24-10-4-5-11-24)21(13-20)22-17-7-3-2-6-15(17)18(25)23-21/h2-3,6-7,14,16,22H,4-5,8-13H2,1H3,(H,23,25)/t14-,16-,20-,21+/m0/s1. The Balaban J connectivity index is 1.45. The number of benzene rings is 1. The Labute approximate surface area is 154 Å². The molecule has 1 aromatic rings. The fourth-order valence-electron chi connectivity index (χ4n) is 5.99. The fraction of sp³-hybridized carbons (Fsp3) is 0.619. The zero-order valence-corrected chi connectivity index (χ0v) is 15.4. The van der Waals surface area contributed by atoms with E-state index in [0.717, 1.165) is 62.9 Å². The van der Waals surface area contributed by atoms with Gasteiger partial charge in [-0.15, -0.1) is 0 Å². The zero-order chi connectivity index (χ0) is 17.9. The summed E-state index contributed by atoms with van der Waals surface area (Å²) in [6, 6.07) is 7.73. The molecule has 5 heteroatoms. The molecule has 5 aliphatic rings. The number of rotatable bonds is 1. The van der Waals surface area contributed by atoms with E-state index in [1.54, 1.807) is 0 Å². The highest BCUT2D eigenvalue weighted by Gasteiger charge is 2.60. The van der Waals surface area contributed by atoms with Gasteiger partial charge < -0.3 is 15.5 Å². The SMILES string of the molecule is C[C@@]12CC[C@@H](C[C@H]1C(=O)N1CCCC1)[C@@]1(C2)NC(=O)c2ccccc2N1. The van der Waals surface area contributed by atoms with E-state index in [4.69, 9.17) is 0 Å². The maximum Gasteiger partial charge on any atom is 0.255 e. The van der Waals surface area contributed by atoms with Crippen molar-refractivity contribution in [3.63, 3.8) is 0 Å². The van der Waals surface area contributed by atoms with E-state index in [1.807, 2.05) is 24.3 Å². The monoisotopic (exact) mass is 353 g/mol. The van der Waals surface area contributed by atoms with Crippen molar-refractivity contribution in [2.24, 2.45) is 17.3 Å². The molecule has 1 saturated heterocycles. The Bertz CT molecular complexity index is 772. The van der Waals surface area contributed by atoms with Gasteiger partial charge in [0.1, 0.15) is 5.66 Å². The van der Waals surface area contributed by atoms with Gasteiger partial charge in [0.15, 0.2) is 0 Å². The van der Waals surface area contributed by atoms with Crippen LogP contribution >= 0.6 is 0 Å².